The summed E-state index contributed by atoms with van der Waals surface area (Å²) < 4.78 is 4.63. The zero-order valence-corrected chi connectivity index (χ0v) is 30.3. The molecule has 0 atom stereocenters. The first-order valence-electron chi connectivity index (χ1n) is 18.9. The van der Waals surface area contributed by atoms with E-state index in [2.05, 4.69) is 191 Å². The minimum Gasteiger partial charge on any atom is -0.307 e. The van der Waals surface area contributed by atoms with Gasteiger partial charge in [0.1, 0.15) is 0 Å². The van der Waals surface area contributed by atoms with E-state index in [0.29, 0.717) is 17.6 Å². The molecule has 0 aliphatic heterocycles. The summed E-state index contributed by atoms with van der Waals surface area (Å²) in [6, 6.07) is 70.2. The van der Waals surface area contributed by atoms with Gasteiger partial charge in [-0.1, -0.05) is 176 Å². The van der Waals surface area contributed by atoms with Crippen LogP contribution in [0.3, 0.4) is 0 Å². The average molecular weight is 716 g/mol. The van der Waals surface area contributed by atoms with E-state index in [-0.39, 0.29) is 0 Å². The van der Waals surface area contributed by atoms with E-state index in [1.54, 1.807) is 0 Å². The largest absolute Gasteiger partial charge is 0.307 e. The van der Waals surface area contributed by atoms with Crippen molar-refractivity contribution >= 4 is 43.6 Å². The maximum Gasteiger partial charge on any atom is 0.238 e. The summed E-state index contributed by atoms with van der Waals surface area (Å²) >= 11 is 0. The molecule has 0 aliphatic carbocycles. The van der Waals surface area contributed by atoms with Crippen molar-refractivity contribution in [1.29, 1.82) is 0 Å². The maximum atomic E-state index is 5.33. The fourth-order valence-electron chi connectivity index (χ4n) is 8.27. The van der Waals surface area contributed by atoms with Gasteiger partial charge >= 0.3 is 0 Å². The van der Waals surface area contributed by atoms with Crippen molar-refractivity contribution in [2.75, 3.05) is 0 Å². The number of rotatable bonds is 6. The van der Waals surface area contributed by atoms with Gasteiger partial charge < -0.3 is 4.57 Å². The van der Waals surface area contributed by atoms with Crippen LogP contribution in [-0.2, 0) is 0 Å². The van der Waals surface area contributed by atoms with Crippen molar-refractivity contribution in [3.63, 3.8) is 0 Å². The van der Waals surface area contributed by atoms with Crippen LogP contribution in [-0.4, -0.2) is 24.1 Å². The van der Waals surface area contributed by atoms with E-state index in [4.69, 9.17) is 15.0 Å². The molecule has 0 bridgehead atoms. The van der Waals surface area contributed by atoms with Gasteiger partial charge in [0.2, 0.25) is 5.95 Å². The van der Waals surface area contributed by atoms with Gasteiger partial charge in [0.05, 0.1) is 22.1 Å². The molecule has 56 heavy (non-hydrogen) atoms. The monoisotopic (exact) mass is 715 g/mol. The van der Waals surface area contributed by atoms with Crippen LogP contribution in [0.25, 0.3) is 100 Å². The Balaban J connectivity index is 1.17. The van der Waals surface area contributed by atoms with E-state index in [9.17, 15) is 0 Å². The first-order valence-corrected chi connectivity index (χ1v) is 18.9. The van der Waals surface area contributed by atoms with Crippen molar-refractivity contribution in [3.8, 4) is 56.7 Å². The Morgan fingerprint density at radius 2 is 0.696 bits per heavy atom. The summed E-state index contributed by atoms with van der Waals surface area (Å²) in [7, 11) is 0. The molecular weight excluding hydrogens is 683 g/mol. The van der Waals surface area contributed by atoms with Gasteiger partial charge in [-0.2, -0.15) is 9.97 Å². The quantitative estimate of drug-likeness (QED) is 0.172. The highest BCUT2D eigenvalue weighted by Crippen LogP contribution is 2.41. The van der Waals surface area contributed by atoms with Gasteiger partial charge in [0, 0.05) is 38.4 Å². The second-order valence-electron chi connectivity index (χ2n) is 14.0. The van der Waals surface area contributed by atoms with Crippen LogP contribution < -0.4 is 0 Å². The summed E-state index contributed by atoms with van der Waals surface area (Å²) in [5.41, 5.74) is 12.0. The lowest BCUT2D eigenvalue weighted by atomic mass is 9.94. The van der Waals surface area contributed by atoms with Gasteiger partial charge in [-0.15, -0.1) is 0 Å². The van der Waals surface area contributed by atoms with E-state index in [1.165, 1.54) is 27.5 Å². The van der Waals surface area contributed by atoms with E-state index >= 15 is 0 Å². The summed E-state index contributed by atoms with van der Waals surface area (Å²) in [5, 5.41) is 4.64. The predicted molar refractivity (Wildman–Crippen MR) is 230 cm³/mol. The minimum atomic E-state index is 0.566. The summed E-state index contributed by atoms with van der Waals surface area (Å²) in [5.74, 6) is 1.79. The van der Waals surface area contributed by atoms with Gasteiger partial charge in [-0.25, -0.2) is 4.98 Å². The molecule has 3 aromatic heterocycles. The molecule has 0 amide bonds. The van der Waals surface area contributed by atoms with Crippen molar-refractivity contribution < 1.29 is 0 Å². The molecule has 11 aromatic rings. The molecule has 0 N–H and O–H groups in total. The first-order chi connectivity index (χ1) is 27.8. The number of hydrogen-bond acceptors (Lipinski definition) is 3. The fourth-order valence-corrected chi connectivity index (χ4v) is 8.27. The van der Waals surface area contributed by atoms with E-state index < -0.39 is 0 Å². The number of benzene rings is 8. The average Bonchev–Trinajstić information content (AvgIpc) is 3.80. The van der Waals surface area contributed by atoms with Gasteiger partial charge in [0.25, 0.3) is 0 Å². The molecule has 5 nitrogen and oxygen atoms in total. The Labute approximate surface area is 323 Å². The molecule has 0 radical (unpaired) electrons. The third kappa shape index (κ3) is 5.13. The van der Waals surface area contributed by atoms with E-state index in [0.717, 1.165) is 55.2 Å². The lowest BCUT2D eigenvalue weighted by Crippen LogP contribution is -2.07. The number of hydrogen-bond donors (Lipinski definition) is 0. The molecule has 0 aliphatic rings. The zero-order chi connectivity index (χ0) is 37.0. The smallest absolute Gasteiger partial charge is 0.238 e. The van der Waals surface area contributed by atoms with Crippen LogP contribution in [0.15, 0.2) is 200 Å². The standard InChI is InChI=1S/C51H33N5/c1-4-16-34(17-5-1)39-22-10-11-23-40(39)35-28-30-37(31-29-35)50-52-49(36-18-6-2-7-19-36)53-51(54-50)56-46-27-15-13-25-42(46)44-33-32-43-41-24-12-14-26-45(41)55(47(43)48(44)56)38-20-8-3-9-21-38/h1-33H. The normalized spacial score (nSPS) is 11.6. The molecule has 3 heterocycles. The molecule has 0 saturated heterocycles. The van der Waals surface area contributed by atoms with Crippen LogP contribution in [0.2, 0.25) is 0 Å². The molecule has 0 fully saturated rings. The molecule has 0 unspecified atom stereocenters. The second kappa shape index (κ2) is 13.0. The van der Waals surface area contributed by atoms with Crippen LogP contribution in [0, 0.1) is 0 Å². The van der Waals surface area contributed by atoms with Gasteiger partial charge in [0.15, 0.2) is 11.6 Å². The van der Waals surface area contributed by atoms with Crippen molar-refractivity contribution in [2.24, 2.45) is 0 Å². The van der Waals surface area contributed by atoms with Gasteiger partial charge in [-0.3, -0.25) is 4.57 Å². The topological polar surface area (TPSA) is 48.5 Å². The SMILES string of the molecule is c1ccc(-c2nc(-c3ccc(-c4ccccc4-c4ccccc4)cc3)nc(-n3c4ccccc4c4ccc5c6ccccc6n(-c6ccccc6)c5c43)n2)cc1. The lowest BCUT2D eigenvalue weighted by molar-refractivity contribution is 0.953. The fraction of sp³-hybridized carbons (Fsp3) is 0. The maximum absolute atomic E-state index is 5.33. The summed E-state index contributed by atoms with van der Waals surface area (Å²) in [6.45, 7) is 0. The summed E-state index contributed by atoms with van der Waals surface area (Å²) in [6.07, 6.45) is 0. The second-order valence-corrected chi connectivity index (χ2v) is 14.0. The molecule has 0 saturated carbocycles. The first kappa shape index (κ1) is 31.9. The van der Waals surface area contributed by atoms with Crippen molar-refractivity contribution in [3.05, 3.63) is 200 Å². The van der Waals surface area contributed by atoms with Crippen LogP contribution in [0.4, 0.5) is 0 Å². The van der Waals surface area contributed by atoms with Crippen LogP contribution in [0.1, 0.15) is 0 Å². The molecule has 5 heteroatoms. The molecule has 11 rings (SSSR count). The minimum absolute atomic E-state index is 0.566. The third-order valence-corrected chi connectivity index (χ3v) is 10.8. The summed E-state index contributed by atoms with van der Waals surface area (Å²) in [4.78, 5) is 15.7. The highest BCUT2D eigenvalue weighted by atomic mass is 15.2. The highest BCUT2D eigenvalue weighted by molar-refractivity contribution is 6.23. The third-order valence-electron chi connectivity index (χ3n) is 10.8. The Morgan fingerprint density at radius 3 is 1.29 bits per heavy atom. The number of para-hydroxylation sites is 3. The Morgan fingerprint density at radius 1 is 0.286 bits per heavy atom. The molecule has 0 spiro atoms. The Hall–Kier alpha value is -7.63. The van der Waals surface area contributed by atoms with Crippen LogP contribution >= 0.6 is 0 Å². The molecule has 8 aromatic carbocycles. The number of aromatic nitrogens is 5. The number of nitrogens with zero attached hydrogens (tertiary/aromatic N) is 5. The molecule has 262 valence electrons. The lowest BCUT2D eigenvalue weighted by Gasteiger charge is -2.14. The van der Waals surface area contributed by atoms with Crippen molar-refractivity contribution in [1.82, 2.24) is 24.1 Å². The van der Waals surface area contributed by atoms with Crippen LogP contribution in [0.5, 0.6) is 0 Å². The highest BCUT2D eigenvalue weighted by Gasteiger charge is 2.23. The van der Waals surface area contributed by atoms with Gasteiger partial charge in [-0.05, 0) is 46.5 Å². The zero-order valence-electron chi connectivity index (χ0n) is 30.3. The van der Waals surface area contributed by atoms with Crippen molar-refractivity contribution in [2.45, 2.75) is 0 Å². The van der Waals surface area contributed by atoms with E-state index in [1.807, 2.05) is 18.2 Å². The predicted octanol–water partition coefficient (Wildman–Crippen LogP) is 12.7. The molecular formula is C51H33N5. The number of fused-ring (bicyclic) bond motifs is 7. The Kier molecular flexibility index (Phi) is 7.42. The Bertz CT molecular complexity index is 3220.